The third kappa shape index (κ3) is 3.86. The van der Waals surface area contributed by atoms with Gasteiger partial charge >= 0.3 is 0 Å². The number of nitrogens with one attached hydrogen (secondary N) is 1. The summed E-state index contributed by atoms with van der Waals surface area (Å²) in [4.78, 5) is 4.83. The smallest absolute Gasteiger partial charge is 0.213 e. The number of hydrogen-bond donors (Lipinski definition) is 3. The van der Waals surface area contributed by atoms with Crippen molar-refractivity contribution in [3.63, 3.8) is 0 Å². The fourth-order valence-electron chi connectivity index (χ4n) is 6.38. The number of piperazine rings is 1. The fraction of sp³-hybridized carbons (Fsp3) is 0.483. The topological polar surface area (TPSA) is 89.2 Å². The Balaban J connectivity index is 1.11. The van der Waals surface area contributed by atoms with Gasteiger partial charge in [-0.25, -0.2) is 0 Å². The van der Waals surface area contributed by atoms with Crippen molar-refractivity contribution < 1.29 is 19.7 Å². The van der Waals surface area contributed by atoms with E-state index in [0.717, 1.165) is 77.0 Å². The van der Waals surface area contributed by atoms with Crippen molar-refractivity contribution in [2.24, 2.45) is 0 Å². The summed E-state index contributed by atoms with van der Waals surface area (Å²) in [6, 6.07) is 7.90. The van der Waals surface area contributed by atoms with Gasteiger partial charge in [0.15, 0.2) is 0 Å². The van der Waals surface area contributed by atoms with E-state index in [2.05, 4.69) is 23.3 Å². The minimum atomic E-state index is -0.580. The number of benzene rings is 2. The first-order valence-corrected chi connectivity index (χ1v) is 12.9. The predicted molar refractivity (Wildman–Crippen MR) is 138 cm³/mol. The maximum atomic E-state index is 11.2. The third-order valence-electron chi connectivity index (χ3n) is 8.82. The molecule has 1 saturated carbocycles. The molecule has 4 aliphatic rings. The zero-order chi connectivity index (χ0) is 25.2. The normalized spacial score (nSPS) is 22.2. The molecule has 3 aliphatic heterocycles. The van der Waals surface area contributed by atoms with E-state index in [1.54, 1.807) is 0 Å². The van der Waals surface area contributed by atoms with Crippen molar-refractivity contribution in [1.29, 1.82) is 5.41 Å². The Bertz CT molecular complexity index is 1250. The fourth-order valence-corrected chi connectivity index (χ4v) is 6.38. The highest BCUT2D eigenvalue weighted by molar-refractivity contribution is 5.95. The Morgan fingerprint density at radius 2 is 1.53 bits per heavy atom. The Hall–Kier alpha value is -2.71. The zero-order valence-electron chi connectivity index (χ0n) is 21.1. The van der Waals surface area contributed by atoms with Crippen LogP contribution in [0.25, 0.3) is 5.76 Å². The van der Waals surface area contributed by atoms with E-state index in [0.29, 0.717) is 32.1 Å². The van der Waals surface area contributed by atoms with Crippen LogP contribution in [0.3, 0.4) is 0 Å². The zero-order valence-corrected chi connectivity index (χ0v) is 21.1. The van der Waals surface area contributed by atoms with Gasteiger partial charge in [0.1, 0.15) is 19.0 Å². The quantitative estimate of drug-likeness (QED) is 0.575. The average molecular weight is 490 g/mol. The van der Waals surface area contributed by atoms with E-state index in [4.69, 9.17) is 14.9 Å². The van der Waals surface area contributed by atoms with E-state index >= 15 is 0 Å². The van der Waals surface area contributed by atoms with Crippen LogP contribution >= 0.6 is 0 Å². The van der Waals surface area contributed by atoms with Crippen molar-refractivity contribution in [2.75, 3.05) is 32.7 Å². The molecule has 6 rings (SSSR count). The second-order valence-electron chi connectivity index (χ2n) is 10.9. The average Bonchev–Trinajstić information content (AvgIpc) is 3.35. The van der Waals surface area contributed by atoms with E-state index in [1.165, 1.54) is 0 Å². The van der Waals surface area contributed by atoms with E-state index < -0.39 is 12.2 Å². The Kier molecular flexibility index (Phi) is 5.72. The highest BCUT2D eigenvalue weighted by atomic mass is 16.5. The molecule has 7 nitrogen and oxygen atoms in total. The van der Waals surface area contributed by atoms with Gasteiger partial charge in [0.2, 0.25) is 5.90 Å². The molecule has 190 valence electrons. The SMILES string of the molecule is C=C1OCc2c1ccc(C(O)CN1CCN(CC(O)c3ccc4c(c3C)COC4=N)CC13CC3)c2C. The standard InChI is InChI=1S/C29H35N3O4/c1-17-21(4-6-22-19(3)35-14-24(17)22)27(34)13-32-11-10-31(16-29(32)8-9-29)12-26(33)20-5-7-23-25(18(20)2)15-36-28(23)30/h4-7,26-27,30,33-34H,3,8-16H2,1-2H3. The van der Waals surface area contributed by atoms with Crippen LogP contribution in [0.4, 0.5) is 0 Å². The van der Waals surface area contributed by atoms with Gasteiger partial charge in [-0.3, -0.25) is 15.2 Å². The highest BCUT2D eigenvalue weighted by Crippen LogP contribution is 2.45. The number of fused-ring (bicyclic) bond motifs is 2. The van der Waals surface area contributed by atoms with E-state index in [-0.39, 0.29) is 11.4 Å². The van der Waals surface area contributed by atoms with Crippen LogP contribution in [0.1, 0.15) is 69.6 Å². The Morgan fingerprint density at radius 1 is 0.917 bits per heavy atom. The molecule has 7 heteroatoms. The van der Waals surface area contributed by atoms with Crippen LogP contribution in [0.2, 0.25) is 0 Å². The van der Waals surface area contributed by atoms with Gasteiger partial charge in [-0.15, -0.1) is 0 Å². The molecule has 2 aromatic rings. The largest absolute Gasteiger partial charge is 0.489 e. The minimum Gasteiger partial charge on any atom is -0.489 e. The first-order valence-electron chi connectivity index (χ1n) is 12.9. The van der Waals surface area contributed by atoms with Gasteiger partial charge < -0.3 is 19.7 Å². The van der Waals surface area contributed by atoms with Crippen LogP contribution in [0.5, 0.6) is 0 Å². The molecular weight excluding hydrogens is 454 g/mol. The van der Waals surface area contributed by atoms with Crippen LogP contribution in [-0.4, -0.2) is 64.2 Å². The molecule has 1 spiro atoms. The van der Waals surface area contributed by atoms with Crippen molar-refractivity contribution in [3.8, 4) is 0 Å². The molecule has 3 heterocycles. The lowest BCUT2D eigenvalue weighted by atomic mass is 9.94. The summed E-state index contributed by atoms with van der Waals surface area (Å²) in [6.45, 7) is 12.9. The molecule has 3 N–H and O–H groups in total. The number of aliphatic hydroxyl groups is 2. The molecule has 0 aromatic heterocycles. The van der Waals surface area contributed by atoms with Gasteiger partial charge in [-0.1, -0.05) is 24.8 Å². The second-order valence-corrected chi connectivity index (χ2v) is 10.9. The van der Waals surface area contributed by atoms with Crippen LogP contribution < -0.4 is 0 Å². The molecule has 2 fully saturated rings. The summed E-state index contributed by atoms with van der Waals surface area (Å²) >= 11 is 0. The molecule has 1 saturated heterocycles. The van der Waals surface area contributed by atoms with Crippen molar-refractivity contribution in [1.82, 2.24) is 9.80 Å². The van der Waals surface area contributed by atoms with Gasteiger partial charge in [-0.05, 0) is 55.0 Å². The lowest BCUT2D eigenvalue weighted by Gasteiger charge is -2.43. The predicted octanol–water partition coefficient (Wildman–Crippen LogP) is 3.58. The maximum Gasteiger partial charge on any atom is 0.213 e. The molecular formula is C29H35N3O4. The van der Waals surface area contributed by atoms with Crippen molar-refractivity contribution in [3.05, 3.63) is 75.4 Å². The first-order chi connectivity index (χ1) is 17.3. The molecule has 0 amide bonds. The molecule has 2 aromatic carbocycles. The monoisotopic (exact) mass is 489 g/mol. The molecule has 1 aliphatic carbocycles. The molecule has 0 radical (unpaired) electrons. The Labute approximate surface area is 212 Å². The van der Waals surface area contributed by atoms with Crippen LogP contribution in [0, 0.1) is 19.3 Å². The molecule has 36 heavy (non-hydrogen) atoms. The summed E-state index contributed by atoms with van der Waals surface area (Å²) in [5.74, 6) is 0.935. The number of nitrogens with zero attached hydrogens (tertiary/aromatic N) is 2. The van der Waals surface area contributed by atoms with Crippen LogP contribution in [0.15, 0.2) is 30.8 Å². The third-order valence-corrected chi connectivity index (χ3v) is 8.82. The van der Waals surface area contributed by atoms with Gasteiger partial charge in [-0.2, -0.15) is 0 Å². The highest BCUT2D eigenvalue weighted by Gasteiger charge is 2.51. The summed E-state index contributed by atoms with van der Waals surface area (Å²) in [6.07, 6.45) is 1.12. The summed E-state index contributed by atoms with van der Waals surface area (Å²) in [7, 11) is 0. The number of hydrogen-bond acceptors (Lipinski definition) is 7. The number of β-amino-alcohol motifs (C(OH)–C–C–N with tert-alkyl or cyclic N) is 2. The summed E-state index contributed by atoms with van der Waals surface area (Å²) in [5.41, 5.74) is 8.19. The van der Waals surface area contributed by atoms with Crippen LogP contribution in [-0.2, 0) is 22.7 Å². The minimum absolute atomic E-state index is 0.0941. The molecule has 0 bridgehead atoms. The number of aliphatic hydroxyl groups excluding tert-OH is 2. The number of ether oxygens (including phenoxy) is 2. The second kappa shape index (κ2) is 8.70. The molecule has 2 unspecified atom stereocenters. The maximum absolute atomic E-state index is 11.2. The van der Waals surface area contributed by atoms with Crippen molar-refractivity contribution in [2.45, 2.75) is 57.6 Å². The van der Waals surface area contributed by atoms with Crippen molar-refractivity contribution >= 4 is 11.7 Å². The summed E-state index contributed by atoms with van der Waals surface area (Å²) in [5, 5.41) is 30.2. The van der Waals surface area contributed by atoms with E-state index in [9.17, 15) is 10.2 Å². The van der Waals surface area contributed by atoms with Gasteiger partial charge in [0, 0.05) is 60.5 Å². The first kappa shape index (κ1) is 23.7. The number of rotatable bonds is 6. The lowest BCUT2D eigenvalue weighted by molar-refractivity contribution is 0.00352. The molecule has 2 atom stereocenters. The summed E-state index contributed by atoms with van der Waals surface area (Å²) < 4.78 is 11.0. The Morgan fingerprint density at radius 3 is 2.22 bits per heavy atom. The van der Waals surface area contributed by atoms with E-state index in [1.807, 2.05) is 31.2 Å². The van der Waals surface area contributed by atoms with Gasteiger partial charge in [0.05, 0.1) is 12.2 Å². The lowest BCUT2D eigenvalue weighted by Crippen LogP contribution is -2.56. The van der Waals surface area contributed by atoms with Gasteiger partial charge in [0.25, 0.3) is 0 Å².